The predicted molar refractivity (Wildman–Crippen MR) is 103 cm³/mol. The summed E-state index contributed by atoms with van der Waals surface area (Å²) in [5.41, 5.74) is 6.33. The second kappa shape index (κ2) is 6.72. The van der Waals surface area contributed by atoms with Crippen molar-refractivity contribution in [3.63, 3.8) is 0 Å². The molecule has 1 saturated carbocycles. The quantitative estimate of drug-likeness (QED) is 0.805. The number of urea groups is 1. The van der Waals surface area contributed by atoms with E-state index in [-0.39, 0.29) is 10.9 Å². The van der Waals surface area contributed by atoms with Crippen molar-refractivity contribution in [3.8, 4) is 0 Å². The number of rotatable bonds is 2. The summed E-state index contributed by atoms with van der Waals surface area (Å²) < 4.78 is -0.422. The van der Waals surface area contributed by atoms with Crippen molar-refractivity contribution in [3.05, 3.63) is 29.3 Å². The summed E-state index contributed by atoms with van der Waals surface area (Å²) in [5, 5.41) is 3.45. The Bertz CT molecular complexity index is 689. The Labute approximate surface area is 157 Å². The minimum absolute atomic E-state index is 0.286. The minimum atomic E-state index is -0.644. The van der Waals surface area contributed by atoms with E-state index in [1.165, 1.54) is 0 Å². The van der Waals surface area contributed by atoms with Crippen molar-refractivity contribution < 1.29 is 9.59 Å². The summed E-state index contributed by atoms with van der Waals surface area (Å²) in [5.74, 6) is -0.457. The summed E-state index contributed by atoms with van der Waals surface area (Å²) in [7, 11) is 0. The molecule has 0 bridgehead atoms. The number of amides is 3. The molecule has 1 unspecified atom stereocenters. The van der Waals surface area contributed by atoms with Gasteiger partial charge in [-0.1, -0.05) is 36.9 Å². The average molecular weight is 382 g/mol. The van der Waals surface area contributed by atoms with Crippen molar-refractivity contribution in [2.45, 2.75) is 61.6 Å². The van der Waals surface area contributed by atoms with Crippen LogP contribution in [-0.2, 0) is 4.79 Å². The summed E-state index contributed by atoms with van der Waals surface area (Å²) in [4.78, 5) is 26.7. The molecule has 3 rings (SSSR count). The SMILES string of the molecule is CC1(C)SC2(CCCCC2)N(C(=O)Nc2cccc(Cl)c2)C1C(N)=O. The molecule has 1 atom stereocenters. The number of primary amides is 1. The Kier molecular flexibility index (Phi) is 4.95. The highest BCUT2D eigenvalue weighted by atomic mass is 35.5. The minimum Gasteiger partial charge on any atom is -0.368 e. The first-order valence-electron chi connectivity index (χ1n) is 8.61. The number of benzene rings is 1. The second-order valence-corrected chi connectivity index (χ2v) is 9.78. The first-order valence-corrected chi connectivity index (χ1v) is 9.80. The van der Waals surface area contributed by atoms with Gasteiger partial charge in [0.05, 0.1) is 4.87 Å². The Morgan fingerprint density at radius 1 is 1.28 bits per heavy atom. The molecule has 0 radical (unpaired) electrons. The number of hydrogen-bond acceptors (Lipinski definition) is 3. The average Bonchev–Trinajstić information content (AvgIpc) is 2.74. The van der Waals surface area contributed by atoms with Crippen LogP contribution in [0.15, 0.2) is 24.3 Å². The molecule has 1 heterocycles. The van der Waals surface area contributed by atoms with Gasteiger partial charge in [-0.2, -0.15) is 0 Å². The lowest BCUT2D eigenvalue weighted by Gasteiger charge is -2.41. The van der Waals surface area contributed by atoms with E-state index in [4.69, 9.17) is 17.3 Å². The first kappa shape index (κ1) is 18.4. The van der Waals surface area contributed by atoms with E-state index in [2.05, 4.69) is 5.32 Å². The van der Waals surface area contributed by atoms with Crippen LogP contribution in [0.2, 0.25) is 5.02 Å². The molecule has 1 aliphatic carbocycles. The van der Waals surface area contributed by atoms with E-state index < -0.39 is 16.7 Å². The van der Waals surface area contributed by atoms with Crippen LogP contribution < -0.4 is 11.1 Å². The number of carbonyl (C=O) groups is 2. The van der Waals surface area contributed by atoms with Crippen LogP contribution in [0.3, 0.4) is 0 Å². The molecular formula is C18H24ClN3O2S. The second-order valence-electron chi connectivity index (χ2n) is 7.33. The van der Waals surface area contributed by atoms with Crippen molar-refractivity contribution in [2.24, 2.45) is 5.73 Å². The maximum absolute atomic E-state index is 13.2. The van der Waals surface area contributed by atoms with Gasteiger partial charge >= 0.3 is 6.03 Å². The van der Waals surface area contributed by atoms with Gasteiger partial charge in [-0.3, -0.25) is 9.69 Å². The zero-order valence-corrected chi connectivity index (χ0v) is 16.1. The maximum Gasteiger partial charge on any atom is 0.323 e. The number of nitrogens with one attached hydrogen (secondary N) is 1. The monoisotopic (exact) mass is 381 g/mol. The molecule has 1 aromatic rings. The van der Waals surface area contributed by atoms with Crippen LogP contribution in [0.4, 0.5) is 10.5 Å². The van der Waals surface area contributed by atoms with Crippen LogP contribution >= 0.6 is 23.4 Å². The van der Waals surface area contributed by atoms with Gasteiger partial charge < -0.3 is 11.1 Å². The fraction of sp³-hybridized carbons (Fsp3) is 0.556. The van der Waals surface area contributed by atoms with E-state index in [0.29, 0.717) is 10.7 Å². The van der Waals surface area contributed by atoms with Gasteiger partial charge in [0.2, 0.25) is 5.91 Å². The van der Waals surface area contributed by atoms with Crippen LogP contribution in [0.1, 0.15) is 46.0 Å². The third kappa shape index (κ3) is 3.47. The van der Waals surface area contributed by atoms with Gasteiger partial charge in [0.15, 0.2) is 0 Å². The normalized spacial score (nSPS) is 24.3. The number of halogens is 1. The third-order valence-electron chi connectivity index (χ3n) is 5.01. The summed E-state index contributed by atoms with van der Waals surface area (Å²) in [6.07, 6.45) is 5.03. The van der Waals surface area contributed by atoms with E-state index in [1.54, 1.807) is 40.9 Å². The molecule has 1 saturated heterocycles. The molecule has 7 heteroatoms. The number of thioether (sulfide) groups is 1. The van der Waals surface area contributed by atoms with Gasteiger partial charge in [0.25, 0.3) is 0 Å². The molecule has 25 heavy (non-hydrogen) atoms. The van der Waals surface area contributed by atoms with Gasteiger partial charge in [0, 0.05) is 15.5 Å². The Morgan fingerprint density at radius 3 is 2.56 bits per heavy atom. The third-order valence-corrected chi connectivity index (χ3v) is 6.98. The molecule has 2 fully saturated rings. The van der Waals surface area contributed by atoms with E-state index in [9.17, 15) is 9.59 Å². The highest BCUT2D eigenvalue weighted by molar-refractivity contribution is 8.02. The van der Waals surface area contributed by atoms with Gasteiger partial charge in [-0.25, -0.2) is 4.79 Å². The fourth-order valence-electron chi connectivity index (χ4n) is 4.11. The van der Waals surface area contributed by atoms with Crippen LogP contribution in [-0.4, -0.2) is 32.5 Å². The number of anilines is 1. The summed E-state index contributed by atoms with van der Waals surface area (Å²) in [6.45, 7) is 3.99. The molecule has 3 amide bonds. The zero-order chi connectivity index (χ0) is 18.2. The van der Waals surface area contributed by atoms with Gasteiger partial charge in [0.1, 0.15) is 6.04 Å². The molecule has 2 aliphatic rings. The van der Waals surface area contributed by atoms with E-state index in [1.807, 2.05) is 13.8 Å². The maximum atomic E-state index is 13.2. The van der Waals surface area contributed by atoms with E-state index in [0.717, 1.165) is 32.1 Å². The lowest BCUT2D eigenvalue weighted by atomic mass is 9.91. The zero-order valence-electron chi connectivity index (χ0n) is 14.5. The fourth-order valence-corrected chi connectivity index (χ4v) is 6.39. The Hall–Kier alpha value is -1.40. The number of nitrogens with two attached hydrogens (primary N) is 1. The Balaban J connectivity index is 1.95. The first-order chi connectivity index (χ1) is 11.8. The highest BCUT2D eigenvalue weighted by Crippen LogP contribution is 2.57. The van der Waals surface area contributed by atoms with Crippen molar-refractivity contribution >= 4 is 41.0 Å². The van der Waals surface area contributed by atoms with Crippen molar-refractivity contribution in [1.29, 1.82) is 0 Å². The van der Waals surface area contributed by atoms with Crippen molar-refractivity contribution in [2.75, 3.05) is 5.32 Å². The highest BCUT2D eigenvalue weighted by Gasteiger charge is 2.60. The lowest BCUT2D eigenvalue weighted by molar-refractivity contribution is -0.123. The number of carbonyl (C=O) groups excluding carboxylic acids is 2. The molecule has 136 valence electrons. The molecule has 1 aliphatic heterocycles. The summed E-state index contributed by atoms with van der Waals surface area (Å²) in [6, 6.07) is 6.08. The summed E-state index contributed by atoms with van der Waals surface area (Å²) >= 11 is 7.73. The molecule has 5 nitrogen and oxygen atoms in total. The largest absolute Gasteiger partial charge is 0.368 e. The molecule has 3 N–H and O–H groups in total. The lowest BCUT2D eigenvalue weighted by Crippen LogP contribution is -2.58. The number of hydrogen-bond donors (Lipinski definition) is 2. The standard InChI is InChI=1S/C18H24ClN3O2S/c1-17(2)14(15(20)23)22(18(25-17)9-4-3-5-10-18)16(24)21-13-8-6-7-12(19)11-13/h6-8,11,14H,3-5,9-10H2,1-2H3,(H2,20,23)(H,21,24). The van der Waals surface area contributed by atoms with Crippen LogP contribution in [0, 0.1) is 0 Å². The topological polar surface area (TPSA) is 75.4 Å². The number of nitrogens with zero attached hydrogens (tertiary/aromatic N) is 1. The van der Waals surface area contributed by atoms with Crippen molar-refractivity contribution in [1.82, 2.24) is 4.90 Å². The predicted octanol–water partition coefficient (Wildman–Crippen LogP) is 4.21. The Morgan fingerprint density at radius 2 is 1.96 bits per heavy atom. The molecular weight excluding hydrogens is 358 g/mol. The van der Waals surface area contributed by atoms with Crippen LogP contribution in [0.5, 0.6) is 0 Å². The van der Waals surface area contributed by atoms with Gasteiger partial charge in [-0.05, 0) is 44.9 Å². The molecule has 1 spiro atoms. The molecule has 1 aromatic carbocycles. The van der Waals surface area contributed by atoms with Crippen LogP contribution in [0.25, 0.3) is 0 Å². The smallest absolute Gasteiger partial charge is 0.323 e. The van der Waals surface area contributed by atoms with E-state index >= 15 is 0 Å². The molecule has 0 aromatic heterocycles. The van der Waals surface area contributed by atoms with Gasteiger partial charge in [-0.15, -0.1) is 11.8 Å².